The number of carbonyl (C=O) groups is 2. The molecule has 0 saturated carbocycles. The van der Waals surface area contributed by atoms with Crippen molar-refractivity contribution in [1.29, 1.82) is 0 Å². The average molecular weight is 270 g/mol. The van der Waals surface area contributed by atoms with E-state index >= 15 is 0 Å². The number of carbonyl (C=O) groups excluding carboxylic acids is 1. The van der Waals surface area contributed by atoms with Gasteiger partial charge in [0.05, 0.1) is 25.2 Å². The zero-order chi connectivity index (χ0) is 13.8. The van der Waals surface area contributed by atoms with E-state index in [4.69, 9.17) is 9.84 Å². The van der Waals surface area contributed by atoms with Gasteiger partial charge in [-0.1, -0.05) is 0 Å². The number of likely N-dealkylation sites (tertiary alicyclic amines) is 1. The highest BCUT2D eigenvalue weighted by Gasteiger charge is 2.31. The normalized spacial score (nSPS) is 24.2. The minimum absolute atomic E-state index is 0.136. The number of hydrogen-bond donors (Lipinski definition) is 1. The molecule has 0 aromatic carbocycles. The first-order valence-corrected chi connectivity index (χ1v) is 6.93. The Morgan fingerprint density at radius 3 is 2.26 bits per heavy atom. The van der Waals surface area contributed by atoms with Crippen LogP contribution in [0, 0.1) is 5.92 Å². The second-order valence-corrected chi connectivity index (χ2v) is 5.26. The fraction of sp³-hybridized carbons (Fsp3) is 0.846. The van der Waals surface area contributed by atoms with Crippen LogP contribution in [-0.2, 0) is 14.3 Å². The largest absolute Gasteiger partial charge is 0.481 e. The number of ether oxygens (including phenoxy) is 1. The molecule has 19 heavy (non-hydrogen) atoms. The summed E-state index contributed by atoms with van der Waals surface area (Å²) in [5.74, 6) is -0.828. The molecule has 108 valence electrons. The third kappa shape index (κ3) is 3.45. The van der Waals surface area contributed by atoms with Gasteiger partial charge in [-0.2, -0.15) is 0 Å². The number of nitrogens with zero attached hydrogens (tertiary/aromatic N) is 2. The van der Waals surface area contributed by atoms with Gasteiger partial charge in [-0.05, 0) is 32.9 Å². The van der Waals surface area contributed by atoms with Crippen LogP contribution in [-0.4, -0.2) is 72.2 Å². The Kier molecular flexibility index (Phi) is 4.76. The number of amides is 1. The number of carboxylic acids is 1. The second kappa shape index (κ2) is 6.34. The van der Waals surface area contributed by atoms with E-state index in [-0.39, 0.29) is 17.9 Å². The van der Waals surface area contributed by atoms with Crippen LogP contribution in [0.5, 0.6) is 0 Å². The summed E-state index contributed by atoms with van der Waals surface area (Å²) in [6.07, 6.45) is 1.27. The molecule has 0 radical (unpaired) electrons. The molecule has 6 heteroatoms. The predicted octanol–water partition coefficient (Wildman–Crippen LogP) is 0.0303. The molecule has 2 saturated heterocycles. The van der Waals surface area contributed by atoms with Gasteiger partial charge < -0.3 is 14.7 Å². The summed E-state index contributed by atoms with van der Waals surface area (Å²) >= 11 is 0. The fourth-order valence-electron chi connectivity index (χ4n) is 2.74. The van der Waals surface area contributed by atoms with Crippen molar-refractivity contribution in [3.8, 4) is 0 Å². The molecule has 6 nitrogen and oxygen atoms in total. The van der Waals surface area contributed by atoms with Crippen molar-refractivity contribution >= 4 is 11.9 Å². The van der Waals surface area contributed by atoms with Crippen molar-refractivity contribution in [3.05, 3.63) is 0 Å². The van der Waals surface area contributed by atoms with Gasteiger partial charge in [0.25, 0.3) is 0 Å². The molecule has 2 fully saturated rings. The van der Waals surface area contributed by atoms with E-state index in [0.717, 1.165) is 0 Å². The zero-order valence-electron chi connectivity index (χ0n) is 11.4. The molecule has 0 aliphatic carbocycles. The van der Waals surface area contributed by atoms with Gasteiger partial charge in [0, 0.05) is 13.1 Å². The molecule has 2 aliphatic rings. The Labute approximate surface area is 113 Å². The van der Waals surface area contributed by atoms with Gasteiger partial charge in [0.2, 0.25) is 5.91 Å². The summed E-state index contributed by atoms with van der Waals surface area (Å²) in [6, 6.07) is -0.159. The van der Waals surface area contributed by atoms with Gasteiger partial charge in [0.1, 0.15) is 0 Å². The van der Waals surface area contributed by atoms with Crippen LogP contribution in [0.2, 0.25) is 0 Å². The topological polar surface area (TPSA) is 70.1 Å². The molecule has 1 amide bonds. The molecule has 2 rings (SSSR count). The van der Waals surface area contributed by atoms with Crippen molar-refractivity contribution in [2.75, 3.05) is 39.4 Å². The minimum Gasteiger partial charge on any atom is -0.481 e. The lowest BCUT2D eigenvalue weighted by Gasteiger charge is -2.37. The fourth-order valence-corrected chi connectivity index (χ4v) is 2.74. The Morgan fingerprint density at radius 2 is 1.74 bits per heavy atom. The number of piperidine rings is 1. The van der Waals surface area contributed by atoms with Crippen LogP contribution in [0.1, 0.15) is 19.8 Å². The van der Waals surface area contributed by atoms with Crippen molar-refractivity contribution in [2.24, 2.45) is 5.92 Å². The van der Waals surface area contributed by atoms with Crippen molar-refractivity contribution in [1.82, 2.24) is 9.80 Å². The van der Waals surface area contributed by atoms with Crippen LogP contribution in [0.25, 0.3) is 0 Å². The standard InChI is InChI=1S/C13H22N2O4/c1-10(12(16)15-6-8-19-9-7-15)14-4-2-11(3-5-14)13(17)18/h10-11H,2-9H2,1H3,(H,17,18). The first kappa shape index (κ1) is 14.3. The van der Waals surface area contributed by atoms with E-state index in [1.165, 1.54) is 0 Å². The van der Waals surface area contributed by atoms with Gasteiger partial charge >= 0.3 is 5.97 Å². The zero-order valence-corrected chi connectivity index (χ0v) is 11.4. The number of hydrogen-bond acceptors (Lipinski definition) is 4. The van der Waals surface area contributed by atoms with E-state index in [2.05, 4.69) is 4.90 Å². The summed E-state index contributed by atoms with van der Waals surface area (Å²) in [6.45, 7) is 5.84. The first-order valence-electron chi connectivity index (χ1n) is 6.93. The summed E-state index contributed by atoms with van der Waals surface area (Å²) in [7, 11) is 0. The summed E-state index contributed by atoms with van der Waals surface area (Å²) in [5.41, 5.74) is 0. The van der Waals surface area contributed by atoms with Crippen LogP contribution < -0.4 is 0 Å². The van der Waals surface area contributed by atoms with Gasteiger partial charge in [-0.25, -0.2) is 0 Å². The lowest BCUT2D eigenvalue weighted by atomic mass is 9.96. The number of rotatable bonds is 3. The van der Waals surface area contributed by atoms with Gasteiger partial charge in [-0.15, -0.1) is 0 Å². The quantitative estimate of drug-likeness (QED) is 0.783. The van der Waals surface area contributed by atoms with Crippen molar-refractivity contribution in [3.63, 3.8) is 0 Å². The van der Waals surface area contributed by atoms with E-state index in [0.29, 0.717) is 52.2 Å². The number of morpholine rings is 1. The molecule has 0 bridgehead atoms. The molecule has 0 aromatic rings. The molecular formula is C13H22N2O4. The van der Waals surface area contributed by atoms with Crippen LogP contribution >= 0.6 is 0 Å². The van der Waals surface area contributed by atoms with Gasteiger partial charge in [-0.3, -0.25) is 14.5 Å². The van der Waals surface area contributed by atoms with Crippen LogP contribution in [0.15, 0.2) is 0 Å². The molecule has 2 aliphatic heterocycles. The molecule has 1 N–H and O–H groups in total. The van der Waals surface area contributed by atoms with E-state index in [1.54, 1.807) is 0 Å². The maximum Gasteiger partial charge on any atom is 0.306 e. The van der Waals surface area contributed by atoms with E-state index in [1.807, 2.05) is 11.8 Å². The van der Waals surface area contributed by atoms with Crippen molar-refractivity contribution in [2.45, 2.75) is 25.8 Å². The molecule has 0 spiro atoms. The molecule has 0 aromatic heterocycles. The summed E-state index contributed by atoms with van der Waals surface area (Å²) in [4.78, 5) is 27.2. The lowest BCUT2D eigenvalue weighted by Crippen LogP contribution is -2.52. The Morgan fingerprint density at radius 1 is 1.16 bits per heavy atom. The highest BCUT2D eigenvalue weighted by atomic mass is 16.5. The molecule has 2 heterocycles. The van der Waals surface area contributed by atoms with Crippen molar-refractivity contribution < 1.29 is 19.4 Å². The van der Waals surface area contributed by atoms with Crippen LogP contribution in [0.3, 0.4) is 0 Å². The van der Waals surface area contributed by atoms with E-state index in [9.17, 15) is 9.59 Å². The first-order chi connectivity index (χ1) is 9.09. The summed E-state index contributed by atoms with van der Waals surface area (Å²) in [5, 5.41) is 8.97. The summed E-state index contributed by atoms with van der Waals surface area (Å²) < 4.78 is 5.24. The molecule has 1 unspecified atom stereocenters. The average Bonchev–Trinajstić information content (AvgIpc) is 2.46. The monoisotopic (exact) mass is 270 g/mol. The van der Waals surface area contributed by atoms with Crippen LogP contribution in [0.4, 0.5) is 0 Å². The highest BCUT2D eigenvalue weighted by Crippen LogP contribution is 2.20. The third-order valence-corrected chi connectivity index (χ3v) is 4.11. The smallest absolute Gasteiger partial charge is 0.306 e. The SMILES string of the molecule is CC(C(=O)N1CCOCC1)N1CCC(C(=O)O)CC1. The lowest BCUT2D eigenvalue weighted by molar-refractivity contribution is -0.145. The predicted molar refractivity (Wildman–Crippen MR) is 68.8 cm³/mol. The maximum atomic E-state index is 12.3. The molecular weight excluding hydrogens is 248 g/mol. The minimum atomic E-state index is -0.716. The highest BCUT2D eigenvalue weighted by molar-refractivity contribution is 5.81. The molecule has 1 atom stereocenters. The van der Waals surface area contributed by atoms with Gasteiger partial charge in [0.15, 0.2) is 0 Å². The maximum absolute atomic E-state index is 12.3. The Bertz CT molecular complexity index is 334. The Hall–Kier alpha value is -1.14. The number of carboxylic acid groups (broad SMARTS) is 1. The third-order valence-electron chi connectivity index (χ3n) is 4.11. The number of aliphatic carboxylic acids is 1. The van der Waals surface area contributed by atoms with E-state index < -0.39 is 5.97 Å². The Balaban J connectivity index is 1.84. The second-order valence-electron chi connectivity index (χ2n) is 5.26.